The van der Waals surface area contributed by atoms with Crippen LogP contribution >= 0.6 is 12.4 Å². The van der Waals surface area contributed by atoms with Crippen molar-refractivity contribution in [1.29, 1.82) is 0 Å². The van der Waals surface area contributed by atoms with Crippen molar-refractivity contribution in [3.05, 3.63) is 78.5 Å². The number of halogens is 2. The van der Waals surface area contributed by atoms with Crippen molar-refractivity contribution in [3.8, 4) is 22.4 Å². The molecular weight excluding hydrogens is 565 g/mol. The first kappa shape index (κ1) is 30.2. The fourth-order valence-electron chi connectivity index (χ4n) is 6.52. The lowest BCUT2D eigenvalue weighted by molar-refractivity contribution is -0.912. The Balaban J connectivity index is 0.00000176. The summed E-state index contributed by atoms with van der Waals surface area (Å²) in [5, 5.41) is 13.7. The molecule has 0 radical (unpaired) electrons. The monoisotopic (exact) mass is 603 g/mol. The zero-order valence-electron chi connectivity index (χ0n) is 24.1. The number of nitrogens with two attached hydrogens (primary N) is 1. The highest BCUT2D eigenvalue weighted by Gasteiger charge is 2.34. The minimum Gasteiger partial charge on any atom is -1.00 e. The van der Waals surface area contributed by atoms with Crippen molar-refractivity contribution in [3.63, 3.8) is 0 Å². The number of likely N-dealkylation sites (tertiary alicyclic amines) is 1. The van der Waals surface area contributed by atoms with E-state index < -0.39 is 0 Å². The predicted molar refractivity (Wildman–Crippen MR) is 169 cm³/mol. The van der Waals surface area contributed by atoms with Gasteiger partial charge in [-0.25, -0.2) is 4.98 Å². The third kappa shape index (κ3) is 5.59. The van der Waals surface area contributed by atoms with Gasteiger partial charge in [0.25, 0.3) is 0 Å². The van der Waals surface area contributed by atoms with Gasteiger partial charge in [0.1, 0.15) is 0 Å². The number of benzene rings is 2. The molecule has 1 aliphatic heterocycles. The Hall–Kier alpha value is -3.23. The minimum atomic E-state index is -0.171. The number of nitrogens with zero attached hydrogens (tertiary/aromatic N) is 5. The maximum Gasteiger partial charge on any atom is 0.229 e. The van der Waals surface area contributed by atoms with Crippen molar-refractivity contribution in [2.24, 2.45) is 5.73 Å². The summed E-state index contributed by atoms with van der Waals surface area (Å²) in [5.74, 6) is 0.785. The second-order valence-corrected chi connectivity index (χ2v) is 12.1. The molecule has 42 heavy (non-hydrogen) atoms. The van der Waals surface area contributed by atoms with Gasteiger partial charge in [-0.3, -0.25) is 4.40 Å². The number of likely N-dealkylation sites (N-methyl/N-ethyl adjacent to an activating group) is 1. The Morgan fingerprint density at radius 2 is 1.64 bits per heavy atom. The first-order valence-electron chi connectivity index (χ1n) is 14.7. The summed E-state index contributed by atoms with van der Waals surface area (Å²) in [4.78, 5) is 5.20. The van der Waals surface area contributed by atoms with Crippen LogP contribution in [0.25, 0.3) is 38.9 Å². The van der Waals surface area contributed by atoms with E-state index in [1.807, 2.05) is 12.3 Å². The number of anilines is 1. The van der Waals surface area contributed by atoms with Crippen molar-refractivity contribution >= 4 is 34.9 Å². The topological polar surface area (TPSA) is 81.1 Å². The van der Waals surface area contributed by atoms with E-state index in [4.69, 9.17) is 10.7 Å². The first-order chi connectivity index (χ1) is 19.5. The molecule has 3 N–H and O–H groups in total. The minimum absolute atomic E-state index is 0. The van der Waals surface area contributed by atoms with Crippen LogP contribution < -0.4 is 23.5 Å². The number of rotatable bonds is 7. The Morgan fingerprint density at radius 3 is 2.33 bits per heavy atom. The molecule has 1 saturated carbocycles. The number of quaternary nitrogens is 1. The van der Waals surface area contributed by atoms with Crippen LogP contribution in [0.15, 0.2) is 72.9 Å². The summed E-state index contributed by atoms with van der Waals surface area (Å²) in [5.41, 5.74) is 13.6. The summed E-state index contributed by atoms with van der Waals surface area (Å²) in [6.45, 7) is 4.50. The van der Waals surface area contributed by atoms with Crippen molar-refractivity contribution in [2.75, 3.05) is 38.5 Å². The van der Waals surface area contributed by atoms with E-state index in [2.05, 4.69) is 87.6 Å². The highest BCUT2D eigenvalue weighted by molar-refractivity contribution is 5.98. The molecule has 4 heterocycles. The van der Waals surface area contributed by atoms with Crippen LogP contribution in [0, 0.1) is 0 Å². The number of aromatic nitrogens is 4. The summed E-state index contributed by atoms with van der Waals surface area (Å²) < 4.78 is 3.19. The SMILES string of the molecule is C[N+]1(CCNc2nnc3c4cc(-c5ccccc5)c(-c5ccc(C6(N)CCC6)cc5)nc4ccn23)CCCCC1.Cl.[Cl-]. The summed E-state index contributed by atoms with van der Waals surface area (Å²) in [7, 11) is 2.37. The van der Waals surface area contributed by atoms with Crippen molar-refractivity contribution in [1.82, 2.24) is 19.6 Å². The molecule has 220 valence electrons. The van der Waals surface area contributed by atoms with Gasteiger partial charge in [0, 0.05) is 28.2 Å². The lowest BCUT2D eigenvalue weighted by Gasteiger charge is -2.38. The fraction of sp³-hybridized carbons (Fsp3) is 0.364. The maximum absolute atomic E-state index is 6.60. The van der Waals surface area contributed by atoms with Gasteiger partial charge >= 0.3 is 0 Å². The standard InChI is InChI=1S/C33H38N7.2ClH/c1-40(20-6-3-7-21-40)22-18-35-32-38-37-31-28-23-27(24-9-4-2-5-10-24)30(36-29(28)15-19-39(31)32)25-11-13-26(14-12-25)33(34)16-8-17-33;;/h2,4-5,9-15,19,23H,3,6-8,16-18,20-22,34H2,1H3,(H,35,38);2*1H/q+1;;/p-1. The molecule has 1 aliphatic carbocycles. The zero-order chi connectivity index (χ0) is 27.2. The highest BCUT2D eigenvalue weighted by atomic mass is 35.5. The van der Waals surface area contributed by atoms with Gasteiger partial charge < -0.3 is 27.9 Å². The van der Waals surface area contributed by atoms with Crippen LogP contribution in [0.5, 0.6) is 0 Å². The van der Waals surface area contributed by atoms with Gasteiger partial charge in [-0.2, -0.15) is 0 Å². The Morgan fingerprint density at radius 1 is 0.905 bits per heavy atom. The van der Waals surface area contributed by atoms with E-state index in [1.165, 1.54) is 44.3 Å². The lowest BCUT2D eigenvalue weighted by Crippen LogP contribution is -3.00. The average Bonchev–Trinajstić information content (AvgIpc) is 3.39. The lowest BCUT2D eigenvalue weighted by atomic mass is 9.72. The van der Waals surface area contributed by atoms with E-state index in [0.29, 0.717) is 0 Å². The van der Waals surface area contributed by atoms with Gasteiger partial charge in [0.05, 0.1) is 44.4 Å². The Labute approximate surface area is 260 Å². The molecule has 0 atom stereocenters. The van der Waals surface area contributed by atoms with E-state index in [0.717, 1.165) is 75.3 Å². The quantitative estimate of drug-likeness (QED) is 0.279. The molecule has 0 unspecified atom stereocenters. The summed E-state index contributed by atoms with van der Waals surface area (Å²) in [6, 6.07) is 23.5. The van der Waals surface area contributed by atoms with Gasteiger partial charge in [-0.15, -0.1) is 22.6 Å². The predicted octanol–water partition coefficient (Wildman–Crippen LogP) is 3.42. The zero-order valence-corrected chi connectivity index (χ0v) is 25.7. The molecule has 2 aliphatic rings. The first-order valence-corrected chi connectivity index (χ1v) is 14.7. The van der Waals surface area contributed by atoms with Crippen molar-refractivity contribution in [2.45, 2.75) is 44.1 Å². The van der Waals surface area contributed by atoms with Crippen LogP contribution in [-0.2, 0) is 5.54 Å². The molecule has 9 heteroatoms. The van der Waals surface area contributed by atoms with Crippen LogP contribution in [0.4, 0.5) is 5.95 Å². The van der Waals surface area contributed by atoms with Crippen LogP contribution in [0.2, 0.25) is 0 Å². The number of nitrogens with one attached hydrogen (secondary N) is 1. The number of fused-ring (bicyclic) bond motifs is 3. The molecule has 1 saturated heterocycles. The van der Waals surface area contributed by atoms with Gasteiger partial charge in [0.15, 0.2) is 5.65 Å². The molecule has 2 fully saturated rings. The smallest absolute Gasteiger partial charge is 0.229 e. The molecule has 7 nitrogen and oxygen atoms in total. The Kier molecular flexibility index (Phi) is 8.76. The number of piperidine rings is 1. The average molecular weight is 605 g/mol. The number of hydrogen-bond acceptors (Lipinski definition) is 5. The summed E-state index contributed by atoms with van der Waals surface area (Å²) >= 11 is 0. The van der Waals surface area contributed by atoms with Gasteiger partial charge in [0.2, 0.25) is 5.95 Å². The molecule has 0 bridgehead atoms. The van der Waals surface area contributed by atoms with E-state index in [-0.39, 0.29) is 30.4 Å². The molecule has 3 aromatic heterocycles. The molecule has 5 aromatic rings. The number of hydrogen-bond donors (Lipinski definition) is 2. The van der Waals surface area contributed by atoms with Crippen LogP contribution in [-0.4, -0.2) is 57.3 Å². The molecule has 0 spiro atoms. The van der Waals surface area contributed by atoms with E-state index in [1.54, 1.807) is 0 Å². The molecular formula is C33H39Cl2N7. The molecule has 7 rings (SSSR count). The maximum atomic E-state index is 6.60. The fourth-order valence-corrected chi connectivity index (χ4v) is 6.52. The third-order valence-electron chi connectivity index (χ3n) is 9.26. The van der Waals surface area contributed by atoms with E-state index in [9.17, 15) is 0 Å². The molecule has 0 amide bonds. The summed E-state index contributed by atoms with van der Waals surface area (Å²) in [6.07, 6.45) is 9.37. The van der Waals surface area contributed by atoms with Gasteiger partial charge in [-0.1, -0.05) is 54.6 Å². The third-order valence-corrected chi connectivity index (χ3v) is 9.26. The normalized spacial score (nSPS) is 17.2. The largest absolute Gasteiger partial charge is 1.00 e. The second kappa shape index (κ2) is 12.2. The highest BCUT2D eigenvalue weighted by Crippen LogP contribution is 2.40. The van der Waals surface area contributed by atoms with Crippen LogP contribution in [0.1, 0.15) is 44.1 Å². The second-order valence-electron chi connectivity index (χ2n) is 12.1. The Bertz CT molecular complexity index is 1660. The van der Waals surface area contributed by atoms with Crippen molar-refractivity contribution < 1.29 is 16.9 Å². The van der Waals surface area contributed by atoms with Crippen LogP contribution in [0.3, 0.4) is 0 Å². The molecule has 2 aromatic carbocycles. The van der Waals surface area contributed by atoms with Gasteiger partial charge in [-0.05, 0) is 61.8 Å². The van der Waals surface area contributed by atoms with E-state index >= 15 is 0 Å². The number of pyridine rings is 2.